The summed E-state index contributed by atoms with van der Waals surface area (Å²) in [6, 6.07) is 18.7. The van der Waals surface area contributed by atoms with Gasteiger partial charge in [-0.05, 0) is 43.2 Å². The first-order valence-electron chi connectivity index (χ1n) is 11.0. The molecule has 0 aliphatic carbocycles. The maximum Gasteiger partial charge on any atom is 0.254 e. The largest absolute Gasteiger partial charge is 0.497 e. The monoisotopic (exact) mass is 458 g/mol. The Morgan fingerprint density at radius 1 is 1.18 bits per heavy atom. The summed E-state index contributed by atoms with van der Waals surface area (Å²) in [6.07, 6.45) is 2.82. The number of benzene rings is 2. The van der Waals surface area contributed by atoms with Gasteiger partial charge >= 0.3 is 0 Å². The smallest absolute Gasteiger partial charge is 0.254 e. The first kappa shape index (κ1) is 22.9. The average Bonchev–Trinajstić information content (AvgIpc) is 3.29. The molecule has 4 rings (SSSR count). The van der Waals surface area contributed by atoms with Crippen LogP contribution in [0.2, 0.25) is 0 Å². The number of aromatic nitrogens is 2. The highest BCUT2D eigenvalue weighted by Crippen LogP contribution is 2.35. The summed E-state index contributed by atoms with van der Waals surface area (Å²) in [5.74, 6) is 0.262. The number of nitriles is 1. The van der Waals surface area contributed by atoms with Gasteiger partial charge in [0.25, 0.3) is 11.8 Å². The molecular formula is C25H26N6O3. The second-order valence-corrected chi connectivity index (χ2v) is 8.27. The van der Waals surface area contributed by atoms with E-state index in [1.807, 2.05) is 30.3 Å². The number of primary amides is 1. The molecule has 34 heavy (non-hydrogen) atoms. The number of piperidine rings is 1. The van der Waals surface area contributed by atoms with E-state index in [4.69, 9.17) is 10.5 Å². The zero-order valence-electron chi connectivity index (χ0n) is 18.9. The number of hydrogen-bond acceptors (Lipinski definition) is 6. The van der Waals surface area contributed by atoms with Gasteiger partial charge in [-0.3, -0.25) is 14.3 Å². The number of hydrogen-bond donors (Lipinski definition) is 2. The predicted molar refractivity (Wildman–Crippen MR) is 127 cm³/mol. The van der Waals surface area contributed by atoms with Crippen molar-refractivity contribution in [3.63, 3.8) is 0 Å². The molecule has 0 saturated carbocycles. The summed E-state index contributed by atoms with van der Waals surface area (Å²) < 4.78 is 6.90. The highest BCUT2D eigenvalue weighted by atomic mass is 16.5. The van der Waals surface area contributed by atoms with Crippen LogP contribution < -0.4 is 15.8 Å². The zero-order valence-corrected chi connectivity index (χ0v) is 18.9. The molecule has 1 saturated heterocycles. The van der Waals surface area contributed by atoms with Gasteiger partial charge in [0.2, 0.25) is 0 Å². The molecule has 0 radical (unpaired) electrons. The van der Waals surface area contributed by atoms with Gasteiger partial charge in [-0.1, -0.05) is 24.3 Å². The fourth-order valence-corrected chi connectivity index (χ4v) is 4.25. The molecule has 1 fully saturated rings. The van der Waals surface area contributed by atoms with Crippen LogP contribution in [0.3, 0.4) is 0 Å². The fraction of sp³-hybridized carbons (Fsp3) is 0.280. The van der Waals surface area contributed by atoms with Crippen LogP contribution in [-0.2, 0) is 5.54 Å². The van der Waals surface area contributed by atoms with E-state index in [2.05, 4.69) is 16.5 Å². The van der Waals surface area contributed by atoms with Gasteiger partial charge in [-0.25, -0.2) is 0 Å². The first-order chi connectivity index (χ1) is 16.5. The topological polar surface area (TPSA) is 126 Å². The number of carbonyl (C=O) groups is 2. The number of methoxy groups -OCH3 is 1. The number of carbonyl (C=O) groups excluding carboxylic acids is 2. The normalized spacial score (nSPS) is 14.8. The van der Waals surface area contributed by atoms with E-state index in [0.717, 1.165) is 5.69 Å². The number of nitrogens with zero attached hydrogens (tertiary/aromatic N) is 4. The summed E-state index contributed by atoms with van der Waals surface area (Å²) in [4.78, 5) is 26.9. The Morgan fingerprint density at radius 2 is 1.91 bits per heavy atom. The molecule has 0 bridgehead atoms. The third-order valence-electron chi connectivity index (χ3n) is 6.21. The quantitative estimate of drug-likeness (QED) is 0.560. The molecule has 2 aromatic carbocycles. The van der Waals surface area contributed by atoms with Gasteiger partial charge < -0.3 is 20.7 Å². The van der Waals surface area contributed by atoms with Gasteiger partial charge in [0, 0.05) is 30.5 Å². The minimum Gasteiger partial charge on any atom is -0.497 e. The van der Waals surface area contributed by atoms with Crippen molar-refractivity contribution >= 4 is 23.3 Å². The lowest BCUT2D eigenvalue weighted by Crippen LogP contribution is -2.48. The lowest BCUT2D eigenvalue weighted by molar-refractivity contribution is 0.0579. The standard InChI is InChI=1S/C25H26N6O3/c1-34-20-9-5-6-18(16-20)24(33)30-14-11-25(10-13-26,12-15-30)31-17-21(22(27)32)23(29-31)28-19-7-3-2-4-8-19/h2-9,16-17H,10-12,14-15H2,1H3,(H2,27,32)(H,28,29). The minimum atomic E-state index is -0.652. The molecule has 0 spiro atoms. The van der Waals surface area contributed by atoms with Crippen molar-refractivity contribution in [2.24, 2.45) is 5.73 Å². The van der Waals surface area contributed by atoms with Gasteiger partial charge in [-0.15, -0.1) is 0 Å². The number of para-hydroxylation sites is 1. The Balaban J connectivity index is 1.57. The van der Waals surface area contributed by atoms with Crippen LogP contribution in [0.25, 0.3) is 0 Å². The second-order valence-electron chi connectivity index (χ2n) is 8.27. The van der Waals surface area contributed by atoms with Crippen molar-refractivity contribution in [3.05, 3.63) is 71.9 Å². The van der Waals surface area contributed by atoms with Crippen LogP contribution in [0.1, 0.15) is 40.0 Å². The van der Waals surface area contributed by atoms with Crippen LogP contribution in [0.15, 0.2) is 60.8 Å². The summed E-state index contributed by atoms with van der Waals surface area (Å²) >= 11 is 0. The number of likely N-dealkylation sites (tertiary alicyclic amines) is 1. The van der Waals surface area contributed by atoms with E-state index in [-0.39, 0.29) is 17.9 Å². The third-order valence-corrected chi connectivity index (χ3v) is 6.21. The van der Waals surface area contributed by atoms with Crippen molar-refractivity contribution in [3.8, 4) is 11.8 Å². The molecule has 3 aromatic rings. The number of amides is 2. The summed E-state index contributed by atoms with van der Waals surface area (Å²) in [5.41, 5.74) is 6.53. The number of nitrogens with one attached hydrogen (secondary N) is 1. The zero-order chi connectivity index (χ0) is 24.1. The van der Waals surface area contributed by atoms with Gasteiger partial charge in [0.1, 0.15) is 11.3 Å². The van der Waals surface area contributed by atoms with Crippen molar-refractivity contribution < 1.29 is 14.3 Å². The van der Waals surface area contributed by atoms with Crippen LogP contribution in [0.4, 0.5) is 11.5 Å². The molecule has 174 valence electrons. The Labute approximate surface area is 197 Å². The maximum atomic E-state index is 13.0. The second kappa shape index (κ2) is 9.67. The van der Waals surface area contributed by atoms with E-state index >= 15 is 0 Å². The van der Waals surface area contributed by atoms with Gasteiger partial charge in [0.15, 0.2) is 5.82 Å². The summed E-state index contributed by atoms with van der Waals surface area (Å²) in [5, 5.41) is 17.3. The van der Waals surface area contributed by atoms with Gasteiger partial charge in [0.05, 0.1) is 25.1 Å². The molecule has 0 unspecified atom stereocenters. The maximum absolute atomic E-state index is 13.0. The van der Waals surface area contributed by atoms with E-state index in [1.165, 1.54) is 0 Å². The molecule has 2 amide bonds. The van der Waals surface area contributed by atoms with Crippen molar-refractivity contribution in [2.75, 3.05) is 25.5 Å². The van der Waals surface area contributed by atoms with Crippen LogP contribution in [0, 0.1) is 11.3 Å². The van der Waals surface area contributed by atoms with Crippen LogP contribution in [0.5, 0.6) is 5.75 Å². The third kappa shape index (κ3) is 4.57. The molecular weight excluding hydrogens is 432 g/mol. The molecule has 1 aliphatic rings. The molecule has 1 aromatic heterocycles. The molecule has 2 heterocycles. The minimum absolute atomic E-state index is 0.0887. The van der Waals surface area contributed by atoms with Crippen LogP contribution >= 0.6 is 0 Å². The first-order valence-corrected chi connectivity index (χ1v) is 11.0. The van der Waals surface area contributed by atoms with Crippen LogP contribution in [-0.4, -0.2) is 46.7 Å². The molecule has 9 nitrogen and oxygen atoms in total. The summed E-state index contributed by atoms with van der Waals surface area (Å²) in [6.45, 7) is 0.899. The Morgan fingerprint density at radius 3 is 2.56 bits per heavy atom. The molecule has 1 aliphatic heterocycles. The van der Waals surface area contributed by atoms with E-state index in [9.17, 15) is 14.9 Å². The highest BCUT2D eigenvalue weighted by Gasteiger charge is 2.39. The SMILES string of the molecule is COc1cccc(C(=O)N2CCC(CC#N)(n3cc(C(N)=O)c(Nc4ccccc4)n3)CC2)c1. The van der Waals surface area contributed by atoms with Crippen molar-refractivity contribution in [1.82, 2.24) is 14.7 Å². The van der Waals surface area contributed by atoms with E-state index in [1.54, 1.807) is 47.2 Å². The lowest BCUT2D eigenvalue weighted by Gasteiger charge is -2.40. The Kier molecular flexibility index (Phi) is 6.50. The number of ether oxygens (including phenoxy) is 1. The fourth-order valence-electron chi connectivity index (χ4n) is 4.25. The molecule has 9 heteroatoms. The van der Waals surface area contributed by atoms with Crippen molar-refractivity contribution in [2.45, 2.75) is 24.8 Å². The number of anilines is 2. The Hall–Kier alpha value is -4.32. The summed E-state index contributed by atoms with van der Waals surface area (Å²) in [7, 11) is 1.56. The number of rotatable bonds is 7. The van der Waals surface area contributed by atoms with E-state index in [0.29, 0.717) is 43.1 Å². The Bertz CT molecular complexity index is 1220. The lowest BCUT2D eigenvalue weighted by atomic mass is 9.84. The molecule has 0 atom stereocenters. The highest BCUT2D eigenvalue weighted by molar-refractivity contribution is 5.98. The predicted octanol–water partition coefficient (Wildman–Crippen LogP) is 3.28. The average molecular weight is 459 g/mol. The number of nitrogens with two attached hydrogens (primary N) is 1. The van der Waals surface area contributed by atoms with Gasteiger partial charge in [-0.2, -0.15) is 10.4 Å². The molecule has 3 N–H and O–H groups in total. The van der Waals surface area contributed by atoms with Crippen molar-refractivity contribution in [1.29, 1.82) is 5.26 Å². The van der Waals surface area contributed by atoms with E-state index < -0.39 is 11.4 Å².